The third kappa shape index (κ3) is 3.17. The van der Waals surface area contributed by atoms with Crippen molar-refractivity contribution in [3.63, 3.8) is 0 Å². The van der Waals surface area contributed by atoms with Gasteiger partial charge >= 0.3 is 0 Å². The van der Waals surface area contributed by atoms with Crippen molar-refractivity contribution in [3.05, 3.63) is 52.9 Å². The minimum atomic E-state index is -0.829. The Kier molecular flexibility index (Phi) is 3.95. The van der Waals surface area contributed by atoms with Crippen LogP contribution in [0.15, 0.2) is 28.8 Å². The number of benzene rings is 1. The van der Waals surface area contributed by atoms with Crippen molar-refractivity contribution in [2.24, 2.45) is 0 Å². The van der Waals surface area contributed by atoms with Gasteiger partial charge in [-0.25, -0.2) is 8.78 Å². The molecule has 0 unspecified atom stereocenters. The van der Waals surface area contributed by atoms with E-state index in [4.69, 9.17) is 4.52 Å². The summed E-state index contributed by atoms with van der Waals surface area (Å²) in [5.41, 5.74) is 1.54. The summed E-state index contributed by atoms with van der Waals surface area (Å²) < 4.78 is 31.3. The van der Waals surface area contributed by atoms with Gasteiger partial charge in [-0.2, -0.15) is 0 Å². The van der Waals surface area contributed by atoms with Gasteiger partial charge in [-0.05, 0) is 38.6 Å². The quantitative estimate of drug-likeness (QED) is 0.848. The molecule has 0 fully saturated rings. The molecule has 1 aromatic heterocycles. The first-order valence-corrected chi connectivity index (χ1v) is 6.04. The molecule has 0 N–H and O–H groups in total. The summed E-state index contributed by atoms with van der Waals surface area (Å²) in [5.74, 6) is -0.910. The summed E-state index contributed by atoms with van der Waals surface area (Å²) in [6, 6.07) is 5.76. The number of hydrogen-bond acceptors (Lipinski definition) is 3. The summed E-state index contributed by atoms with van der Waals surface area (Å²) in [5, 5.41) is 3.82. The first-order valence-electron chi connectivity index (χ1n) is 6.04. The molecule has 2 aromatic rings. The topological polar surface area (TPSA) is 29.3 Å². The predicted octanol–water partition coefficient (Wildman–Crippen LogP) is 3.45. The van der Waals surface area contributed by atoms with Crippen molar-refractivity contribution in [2.45, 2.75) is 26.4 Å². The van der Waals surface area contributed by atoms with E-state index in [1.807, 2.05) is 31.9 Å². The zero-order valence-corrected chi connectivity index (χ0v) is 11.2. The molecule has 0 spiro atoms. The Morgan fingerprint density at radius 2 is 2.00 bits per heavy atom. The van der Waals surface area contributed by atoms with Gasteiger partial charge in [-0.1, -0.05) is 11.2 Å². The maximum Gasteiger partial charge on any atom is 0.159 e. The first-order chi connectivity index (χ1) is 8.97. The van der Waals surface area contributed by atoms with Crippen molar-refractivity contribution in [2.75, 3.05) is 7.05 Å². The smallest absolute Gasteiger partial charge is 0.159 e. The standard InChI is InChI=1S/C14H16F2N2O/c1-9-6-12(19-17-9)8-18(3)10(2)11-4-5-13(15)14(16)7-11/h4-7,10H,8H2,1-3H3/t10-/m0/s1. The largest absolute Gasteiger partial charge is 0.360 e. The summed E-state index contributed by atoms with van der Waals surface area (Å²) in [4.78, 5) is 1.98. The lowest BCUT2D eigenvalue weighted by Crippen LogP contribution is -2.21. The zero-order valence-electron chi connectivity index (χ0n) is 11.2. The lowest BCUT2D eigenvalue weighted by molar-refractivity contribution is 0.220. The minimum Gasteiger partial charge on any atom is -0.360 e. The molecule has 0 saturated carbocycles. The summed E-state index contributed by atoms with van der Waals surface area (Å²) in [6.07, 6.45) is 0. The van der Waals surface area contributed by atoms with Gasteiger partial charge in [0.2, 0.25) is 0 Å². The number of hydrogen-bond donors (Lipinski definition) is 0. The van der Waals surface area contributed by atoms with Crippen LogP contribution in [0.5, 0.6) is 0 Å². The normalized spacial score (nSPS) is 12.9. The highest BCUT2D eigenvalue weighted by atomic mass is 19.2. The second-order valence-corrected chi connectivity index (χ2v) is 4.70. The maximum absolute atomic E-state index is 13.2. The lowest BCUT2D eigenvalue weighted by Gasteiger charge is -2.23. The van der Waals surface area contributed by atoms with Crippen LogP contribution >= 0.6 is 0 Å². The highest BCUT2D eigenvalue weighted by Crippen LogP contribution is 2.22. The summed E-state index contributed by atoms with van der Waals surface area (Å²) in [7, 11) is 1.89. The van der Waals surface area contributed by atoms with Crippen LogP contribution < -0.4 is 0 Å². The van der Waals surface area contributed by atoms with E-state index in [1.165, 1.54) is 6.07 Å². The monoisotopic (exact) mass is 266 g/mol. The van der Waals surface area contributed by atoms with E-state index in [9.17, 15) is 8.78 Å². The Morgan fingerprint density at radius 1 is 1.26 bits per heavy atom. The third-order valence-corrected chi connectivity index (χ3v) is 3.17. The van der Waals surface area contributed by atoms with Gasteiger partial charge in [0.15, 0.2) is 17.4 Å². The maximum atomic E-state index is 13.2. The van der Waals surface area contributed by atoms with Crippen LogP contribution in [0.2, 0.25) is 0 Å². The molecule has 0 aliphatic carbocycles. The Labute approximate surface area is 110 Å². The molecule has 2 rings (SSSR count). The number of rotatable bonds is 4. The predicted molar refractivity (Wildman–Crippen MR) is 67.5 cm³/mol. The highest BCUT2D eigenvalue weighted by Gasteiger charge is 2.15. The van der Waals surface area contributed by atoms with Gasteiger partial charge in [0.1, 0.15) is 0 Å². The Balaban J connectivity index is 2.09. The van der Waals surface area contributed by atoms with Gasteiger partial charge in [0, 0.05) is 12.1 Å². The molecule has 0 amide bonds. The van der Waals surface area contributed by atoms with E-state index in [0.717, 1.165) is 23.1 Å². The molecular formula is C14H16F2N2O. The molecule has 19 heavy (non-hydrogen) atoms. The van der Waals surface area contributed by atoms with Gasteiger partial charge in [0.05, 0.1) is 12.2 Å². The van der Waals surface area contributed by atoms with Crippen LogP contribution in [0, 0.1) is 18.6 Å². The van der Waals surface area contributed by atoms with Crippen molar-refractivity contribution in [1.29, 1.82) is 0 Å². The Hall–Kier alpha value is -1.75. The number of nitrogens with zero attached hydrogens (tertiary/aromatic N) is 2. The van der Waals surface area contributed by atoms with Gasteiger partial charge in [-0.3, -0.25) is 4.90 Å². The summed E-state index contributed by atoms with van der Waals surface area (Å²) >= 11 is 0. The van der Waals surface area contributed by atoms with Crippen molar-refractivity contribution >= 4 is 0 Å². The van der Waals surface area contributed by atoms with E-state index in [-0.39, 0.29) is 6.04 Å². The number of aromatic nitrogens is 1. The molecule has 0 bridgehead atoms. The molecule has 0 radical (unpaired) electrons. The van der Waals surface area contributed by atoms with E-state index >= 15 is 0 Å². The van der Waals surface area contributed by atoms with Crippen LogP contribution in [-0.2, 0) is 6.54 Å². The van der Waals surface area contributed by atoms with Crippen LogP contribution in [0.25, 0.3) is 0 Å². The van der Waals surface area contributed by atoms with E-state index in [1.54, 1.807) is 6.07 Å². The van der Waals surface area contributed by atoms with Crippen LogP contribution in [0.1, 0.15) is 30.0 Å². The Bertz CT molecular complexity index is 568. The second kappa shape index (κ2) is 5.48. The van der Waals surface area contributed by atoms with Crippen molar-refractivity contribution in [1.82, 2.24) is 10.1 Å². The SMILES string of the molecule is Cc1cc(CN(C)[C@@H](C)c2ccc(F)c(F)c2)on1. The molecule has 1 aromatic carbocycles. The second-order valence-electron chi connectivity index (χ2n) is 4.70. The average Bonchev–Trinajstić information content (AvgIpc) is 2.77. The fourth-order valence-electron chi connectivity index (χ4n) is 1.90. The molecule has 102 valence electrons. The highest BCUT2D eigenvalue weighted by molar-refractivity contribution is 5.21. The van der Waals surface area contributed by atoms with Gasteiger partial charge < -0.3 is 4.52 Å². The molecule has 1 heterocycles. The van der Waals surface area contributed by atoms with Crippen LogP contribution in [-0.4, -0.2) is 17.1 Å². The fraction of sp³-hybridized carbons (Fsp3) is 0.357. The van der Waals surface area contributed by atoms with Gasteiger partial charge in [-0.15, -0.1) is 0 Å². The number of aryl methyl sites for hydroxylation is 1. The third-order valence-electron chi connectivity index (χ3n) is 3.17. The molecule has 5 heteroatoms. The van der Waals surface area contributed by atoms with E-state index < -0.39 is 11.6 Å². The molecule has 3 nitrogen and oxygen atoms in total. The molecular weight excluding hydrogens is 250 g/mol. The number of halogens is 2. The first kappa shape index (κ1) is 13.7. The zero-order chi connectivity index (χ0) is 14.0. The molecule has 0 saturated heterocycles. The average molecular weight is 266 g/mol. The van der Waals surface area contributed by atoms with E-state index in [0.29, 0.717) is 6.54 Å². The molecule has 0 aliphatic heterocycles. The minimum absolute atomic E-state index is 0.0551. The van der Waals surface area contributed by atoms with Crippen molar-refractivity contribution in [3.8, 4) is 0 Å². The van der Waals surface area contributed by atoms with Crippen molar-refractivity contribution < 1.29 is 13.3 Å². The lowest BCUT2D eigenvalue weighted by atomic mass is 10.1. The summed E-state index contributed by atoms with van der Waals surface area (Å²) in [6.45, 7) is 4.34. The van der Waals surface area contributed by atoms with E-state index in [2.05, 4.69) is 5.16 Å². The Morgan fingerprint density at radius 3 is 2.58 bits per heavy atom. The fourth-order valence-corrected chi connectivity index (χ4v) is 1.90. The molecule has 1 atom stereocenters. The van der Waals surface area contributed by atoms with Crippen LogP contribution in [0.3, 0.4) is 0 Å². The molecule has 0 aliphatic rings. The van der Waals surface area contributed by atoms with Gasteiger partial charge in [0.25, 0.3) is 0 Å². The van der Waals surface area contributed by atoms with Crippen LogP contribution in [0.4, 0.5) is 8.78 Å².